The number of carboxylic acids is 1. The smallest absolute Gasteiger partial charge is 0.347 e. The molecule has 0 aliphatic heterocycles. The van der Waals surface area contributed by atoms with Crippen molar-refractivity contribution in [3.8, 4) is 0 Å². The van der Waals surface area contributed by atoms with Crippen molar-refractivity contribution in [2.75, 3.05) is 7.11 Å². The summed E-state index contributed by atoms with van der Waals surface area (Å²) < 4.78 is 0. The average molecular weight is 272 g/mol. The molecule has 7 heteroatoms. The second-order valence-electron chi connectivity index (χ2n) is 4.76. The van der Waals surface area contributed by atoms with Gasteiger partial charge < -0.3 is 5.11 Å². The van der Waals surface area contributed by atoms with Crippen LogP contribution in [0.3, 0.4) is 0 Å². The van der Waals surface area contributed by atoms with Crippen molar-refractivity contribution >= 4 is 23.2 Å². The average Bonchev–Trinajstić information content (AvgIpc) is 2.61. The Bertz CT molecular complexity index is 462. The largest absolute Gasteiger partial charge is 0.477 e. The number of aromatic carboxylic acids is 1. The Morgan fingerprint density at radius 1 is 1.44 bits per heavy atom. The van der Waals surface area contributed by atoms with Crippen LogP contribution in [0, 0.1) is 0 Å². The van der Waals surface area contributed by atoms with Crippen LogP contribution in [0.1, 0.15) is 41.1 Å². The van der Waals surface area contributed by atoms with Crippen LogP contribution in [-0.4, -0.2) is 29.1 Å². The molecule has 0 saturated carbocycles. The number of carbonyl (C=O) groups excluding carboxylic acids is 1. The lowest BCUT2D eigenvalue weighted by Gasteiger charge is -2.13. The number of aromatic nitrogens is 1. The zero-order valence-corrected chi connectivity index (χ0v) is 11.6. The van der Waals surface area contributed by atoms with E-state index < -0.39 is 11.9 Å². The maximum absolute atomic E-state index is 11.4. The monoisotopic (exact) mass is 272 g/mol. The van der Waals surface area contributed by atoms with E-state index in [2.05, 4.69) is 15.3 Å². The number of rotatable bonds is 4. The van der Waals surface area contributed by atoms with Crippen molar-refractivity contribution in [2.24, 2.45) is 0 Å². The molecule has 0 aromatic carbocycles. The molecule has 0 saturated heterocycles. The van der Waals surface area contributed by atoms with Gasteiger partial charge in [0.15, 0.2) is 0 Å². The van der Waals surface area contributed by atoms with E-state index in [4.69, 9.17) is 5.11 Å². The van der Waals surface area contributed by atoms with Crippen molar-refractivity contribution in [1.82, 2.24) is 10.5 Å². The summed E-state index contributed by atoms with van der Waals surface area (Å²) >= 11 is 1.10. The normalized spacial score (nSPS) is 11.3. The van der Waals surface area contributed by atoms with Gasteiger partial charge in [-0.25, -0.2) is 15.3 Å². The molecule has 0 aliphatic rings. The minimum atomic E-state index is -1.07. The summed E-state index contributed by atoms with van der Waals surface area (Å²) in [5.41, 5.74) is 2.17. The summed E-state index contributed by atoms with van der Waals surface area (Å²) in [4.78, 5) is 31.3. The van der Waals surface area contributed by atoms with Crippen LogP contribution < -0.4 is 5.48 Å². The van der Waals surface area contributed by atoms with Crippen LogP contribution in [-0.2, 0) is 21.5 Å². The zero-order valence-electron chi connectivity index (χ0n) is 10.7. The lowest BCUT2D eigenvalue weighted by Crippen LogP contribution is -2.24. The molecule has 100 valence electrons. The maximum atomic E-state index is 11.4. The zero-order chi connectivity index (χ0) is 13.9. The van der Waals surface area contributed by atoms with E-state index in [0.717, 1.165) is 11.3 Å². The molecule has 1 aromatic heterocycles. The van der Waals surface area contributed by atoms with Gasteiger partial charge in [-0.15, -0.1) is 11.3 Å². The number of carbonyl (C=O) groups is 2. The fourth-order valence-electron chi connectivity index (χ4n) is 1.26. The van der Waals surface area contributed by atoms with E-state index in [-0.39, 0.29) is 22.4 Å². The number of thiazole rings is 1. The van der Waals surface area contributed by atoms with Gasteiger partial charge in [0.1, 0.15) is 4.88 Å². The third-order valence-corrected chi connectivity index (χ3v) is 3.59. The molecule has 1 aromatic rings. The quantitative estimate of drug-likeness (QED) is 0.808. The molecule has 1 rings (SSSR count). The molecule has 1 heterocycles. The number of hydrogen-bond acceptors (Lipinski definition) is 5. The molecule has 0 aliphatic carbocycles. The van der Waals surface area contributed by atoms with Gasteiger partial charge in [-0.2, -0.15) is 0 Å². The van der Waals surface area contributed by atoms with Gasteiger partial charge in [0.2, 0.25) is 5.91 Å². The van der Waals surface area contributed by atoms with Gasteiger partial charge in [-0.1, -0.05) is 20.8 Å². The van der Waals surface area contributed by atoms with Crippen molar-refractivity contribution in [3.63, 3.8) is 0 Å². The second kappa shape index (κ2) is 5.45. The van der Waals surface area contributed by atoms with Crippen molar-refractivity contribution in [1.29, 1.82) is 0 Å². The Labute approximate surface area is 109 Å². The first-order valence-corrected chi connectivity index (χ1v) is 6.12. The van der Waals surface area contributed by atoms with Crippen LogP contribution in [0.15, 0.2) is 0 Å². The Balaban J connectivity index is 3.06. The summed E-state index contributed by atoms with van der Waals surface area (Å²) in [6, 6.07) is 0. The van der Waals surface area contributed by atoms with Gasteiger partial charge in [0.05, 0.1) is 24.2 Å². The number of carboxylic acid groups (broad SMARTS) is 1. The summed E-state index contributed by atoms with van der Waals surface area (Å²) in [5.74, 6) is -1.49. The minimum Gasteiger partial charge on any atom is -0.477 e. The van der Waals surface area contributed by atoms with Crippen molar-refractivity contribution in [2.45, 2.75) is 32.6 Å². The summed E-state index contributed by atoms with van der Waals surface area (Å²) in [5, 5.41) is 9.79. The highest BCUT2D eigenvalue weighted by Gasteiger charge is 2.25. The summed E-state index contributed by atoms with van der Waals surface area (Å²) in [6.45, 7) is 5.82. The first-order valence-electron chi connectivity index (χ1n) is 5.31. The molecular weight excluding hydrogens is 256 g/mol. The van der Waals surface area contributed by atoms with E-state index in [1.165, 1.54) is 7.11 Å². The fraction of sp³-hybridized carbons (Fsp3) is 0.545. The van der Waals surface area contributed by atoms with Crippen molar-refractivity contribution in [3.05, 3.63) is 15.6 Å². The number of nitrogens with zero attached hydrogens (tertiary/aromatic N) is 1. The molecule has 0 radical (unpaired) electrons. The molecule has 6 nitrogen and oxygen atoms in total. The highest BCUT2D eigenvalue weighted by Crippen LogP contribution is 2.29. The first-order chi connectivity index (χ1) is 8.25. The maximum Gasteiger partial charge on any atom is 0.347 e. The number of amides is 1. The highest BCUT2D eigenvalue weighted by molar-refractivity contribution is 7.13. The van der Waals surface area contributed by atoms with Crippen LogP contribution in [0.25, 0.3) is 0 Å². The van der Waals surface area contributed by atoms with Crippen LogP contribution in [0.2, 0.25) is 0 Å². The predicted molar refractivity (Wildman–Crippen MR) is 66.6 cm³/mol. The SMILES string of the molecule is CONC(=O)Cc1nc(C(C)(C)C)sc1C(=O)O. The van der Waals surface area contributed by atoms with E-state index >= 15 is 0 Å². The number of nitrogens with one attached hydrogen (secondary N) is 1. The Kier molecular flexibility index (Phi) is 4.42. The molecule has 1 amide bonds. The number of hydroxylamine groups is 1. The summed E-state index contributed by atoms with van der Waals surface area (Å²) in [6.07, 6.45) is -0.109. The standard InChI is InChI=1S/C11H16N2O4S/c1-11(2,3)10-12-6(5-7(14)13-17-4)8(18-10)9(15)16/h5H2,1-4H3,(H,13,14)(H,15,16). The van der Waals surface area contributed by atoms with Gasteiger partial charge in [0, 0.05) is 5.41 Å². The number of hydrogen-bond donors (Lipinski definition) is 2. The minimum absolute atomic E-state index is 0.103. The lowest BCUT2D eigenvalue weighted by molar-refractivity contribution is -0.130. The molecule has 0 fully saturated rings. The first kappa shape index (κ1) is 14.6. The molecule has 0 bridgehead atoms. The second-order valence-corrected chi connectivity index (χ2v) is 5.76. The van der Waals surface area contributed by atoms with Crippen molar-refractivity contribution < 1.29 is 19.5 Å². The highest BCUT2D eigenvalue weighted by atomic mass is 32.1. The van der Waals surface area contributed by atoms with Gasteiger partial charge in [-0.3, -0.25) is 9.63 Å². The molecule has 2 N–H and O–H groups in total. The Hall–Kier alpha value is -1.47. The van der Waals surface area contributed by atoms with Gasteiger partial charge >= 0.3 is 5.97 Å². The Morgan fingerprint density at radius 2 is 2.06 bits per heavy atom. The van der Waals surface area contributed by atoms with Gasteiger partial charge in [0.25, 0.3) is 0 Å². The van der Waals surface area contributed by atoms with Gasteiger partial charge in [-0.05, 0) is 0 Å². The third kappa shape index (κ3) is 3.51. The predicted octanol–water partition coefficient (Wildman–Crippen LogP) is 1.36. The molecule has 0 spiro atoms. The molecule has 0 unspecified atom stereocenters. The van der Waals surface area contributed by atoms with Crippen LogP contribution >= 0.6 is 11.3 Å². The van der Waals surface area contributed by atoms with E-state index in [1.807, 2.05) is 20.8 Å². The fourth-order valence-corrected chi connectivity index (χ4v) is 2.24. The van der Waals surface area contributed by atoms with Crippen LogP contribution in [0.4, 0.5) is 0 Å². The topological polar surface area (TPSA) is 88.5 Å². The Morgan fingerprint density at radius 3 is 2.50 bits per heavy atom. The summed E-state index contributed by atoms with van der Waals surface area (Å²) in [7, 11) is 1.32. The van der Waals surface area contributed by atoms with E-state index in [0.29, 0.717) is 5.01 Å². The van der Waals surface area contributed by atoms with E-state index in [1.54, 1.807) is 0 Å². The lowest BCUT2D eigenvalue weighted by atomic mass is 9.98. The molecular formula is C11H16N2O4S. The molecule has 0 atom stereocenters. The van der Waals surface area contributed by atoms with Crippen LogP contribution in [0.5, 0.6) is 0 Å². The third-order valence-electron chi connectivity index (χ3n) is 2.08. The molecule has 18 heavy (non-hydrogen) atoms. The van der Waals surface area contributed by atoms with E-state index in [9.17, 15) is 9.59 Å².